The highest BCUT2D eigenvalue weighted by molar-refractivity contribution is 7.89. The van der Waals surface area contributed by atoms with Crippen LogP contribution in [0.25, 0.3) is 0 Å². The molecule has 0 spiro atoms. The molecule has 36 heteroatoms. The number of aromatic hydroxyl groups is 1. The average Bonchev–Trinajstić information content (AvgIpc) is 0.756. The lowest BCUT2D eigenvalue weighted by atomic mass is 9.54. The van der Waals surface area contributed by atoms with Crippen LogP contribution in [0.15, 0.2) is 64.9 Å². The molecule has 33 nitrogen and oxygen atoms in total. The summed E-state index contributed by atoms with van der Waals surface area (Å²) < 4.78 is 49.4. The van der Waals surface area contributed by atoms with Crippen molar-refractivity contribution in [1.29, 1.82) is 0 Å². The van der Waals surface area contributed by atoms with Gasteiger partial charge in [0.1, 0.15) is 72.5 Å². The number of rotatable bonds is 26. The number of benzene rings is 2. The molecule has 15 bridgehead atoms. The number of aliphatic hydroxyl groups excluding tert-OH is 7. The number of fused-ring (bicyclic) bond motifs is 13. The third-order valence-corrected chi connectivity index (χ3v) is 28.1. The Morgan fingerprint density at radius 1 is 0.712 bits per heavy atom. The van der Waals surface area contributed by atoms with Crippen molar-refractivity contribution in [3.8, 4) is 23.0 Å². The minimum atomic E-state index is -3.70. The van der Waals surface area contributed by atoms with E-state index < -0.39 is 214 Å². The quantitative estimate of drug-likeness (QED) is 0.0356. The summed E-state index contributed by atoms with van der Waals surface area (Å²) in [6.07, 6.45) is -1.36. The maximum atomic E-state index is 16.4. The number of carbonyl (C=O) groups is 8. The van der Waals surface area contributed by atoms with Gasteiger partial charge in [-0.15, -0.1) is 11.6 Å². The summed E-state index contributed by atoms with van der Waals surface area (Å²) in [6.45, 7) is 5.26. The number of phenols is 1. The minimum Gasteiger partial charge on any atom is -0.512 e. The van der Waals surface area contributed by atoms with E-state index in [9.17, 15) is 58.9 Å². The third-order valence-electron chi connectivity index (χ3n) is 25.9. The van der Waals surface area contributed by atoms with E-state index in [0.717, 1.165) is 76.7 Å². The van der Waals surface area contributed by atoms with Crippen molar-refractivity contribution >= 4 is 80.5 Å². The molecule has 5 heterocycles. The first kappa shape index (κ1) is 89.8. The van der Waals surface area contributed by atoms with Crippen LogP contribution < -0.4 is 78.3 Å². The number of alkyl halides is 1. The van der Waals surface area contributed by atoms with Gasteiger partial charge in [0.15, 0.2) is 11.5 Å². The summed E-state index contributed by atoms with van der Waals surface area (Å²) in [5, 5.41) is 122. The van der Waals surface area contributed by atoms with Crippen LogP contribution in [0.4, 0.5) is 0 Å². The second-order valence-electron chi connectivity index (χ2n) is 34.6. The molecule has 118 heavy (non-hydrogen) atoms. The van der Waals surface area contributed by atoms with Crippen molar-refractivity contribution in [2.24, 2.45) is 64.7 Å². The summed E-state index contributed by atoms with van der Waals surface area (Å²) in [7, 11) is -2.18. The number of carbonyl (C=O) groups excluding carboxylic acids is 8. The molecule has 22 N–H and O–H groups in total. The Kier molecular flexibility index (Phi) is 29.8. The van der Waals surface area contributed by atoms with Crippen LogP contribution in [0.1, 0.15) is 177 Å². The molecule has 0 radical (unpaired) electrons. The second kappa shape index (κ2) is 39.2. The number of allylic oxidation sites excluding steroid dienone is 1. The summed E-state index contributed by atoms with van der Waals surface area (Å²) in [5.41, 5.74) is 11.3. The number of amides is 8. The molecule has 15 rings (SSSR count). The van der Waals surface area contributed by atoms with Crippen molar-refractivity contribution in [2.75, 3.05) is 39.0 Å². The normalized spacial score (nSPS) is 35.1. The Morgan fingerprint density at radius 3 is 2.04 bits per heavy atom. The van der Waals surface area contributed by atoms with Gasteiger partial charge < -0.3 is 114 Å². The van der Waals surface area contributed by atoms with E-state index in [0.29, 0.717) is 18.3 Å². The Bertz CT molecular complexity index is 4190. The van der Waals surface area contributed by atoms with Gasteiger partial charge in [0.25, 0.3) is 0 Å². The maximum absolute atomic E-state index is 16.4. The second-order valence-corrected chi connectivity index (χ2v) is 37.5. The Labute approximate surface area is 696 Å². The van der Waals surface area contributed by atoms with Crippen molar-refractivity contribution in [3.05, 3.63) is 81.6 Å². The number of primary amides is 1. The van der Waals surface area contributed by atoms with Gasteiger partial charge in [-0.2, -0.15) is 0 Å². The molecule has 2 aromatic rings. The molecule has 2 unspecified atom stereocenters. The molecule has 2 aromatic carbocycles. The molecule has 5 fully saturated rings. The fourth-order valence-electron chi connectivity index (χ4n) is 19.7. The summed E-state index contributed by atoms with van der Waals surface area (Å²) >= 11 is 14.6. The summed E-state index contributed by atoms with van der Waals surface area (Å²) in [6, 6.07) is -7.30. The molecule has 22 atom stereocenters. The molecule has 5 aliphatic heterocycles. The molecule has 8 amide bonds. The first-order valence-electron chi connectivity index (χ1n) is 41.9. The highest BCUT2D eigenvalue weighted by Crippen LogP contribution is 2.55. The average molecular weight is 1710 g/mol. The molecule has 13 aliphatic rings. The standard InChI is InChI=1S/C82H118Cl2N12O21S/c1-5-6-7-8-9-10-11-20-118(113,114)89-19-18-88-36-49-55(98)33-48-62(72(49)103)47-27-40(12-15-54(47)97)64-78(108)96-68(82(112)94-66(48)80(110)91-63-43-23-38-22-39(25-43)26-44(63)24-38)70(101)42-14-17-57(51(84)29-42)116-60-31-45-30-59(75(60)117-58-32-46(35-85)71(102)74(105)73(58)104)115-56-16-13-41(28-50(56)83)69(100)67(95-76(106)52(87-4)21-37(2)3)81(111)90-53(34-61(86)99)77(107)92-65(45)79(109)93-64/h12-13,15-16,27,29-31,37-39,41-44,46,48,50,52-53,56-58,62-74,87-89,97-98,100-105H,5-11,14,17-26,28,32-36,85H2,1-4H3,(H2,86,99)(H,90,111)(H,91,110)(H,92,107)(H,93,109)(H,94,112)(H,95,106)(H,96,108)/t38?,39?,41-,42-,43?,44?,46+,48?,50+,52+,53-,56+,57+,58+,62?,63?,64+,65+,66-,67+,68-,69+,70+,71+,72-,73-,74-/m0/s1. The molecule has 652 valence electrons. The van der Waals surface area contributed by atoms with E-state index in [1.165, 1.54) is 49.5 Å². The van der Waals surface area contributed by atoms with E-state index in [1.807, 2.05) is 13.8 Å². The Balaban J connectivity index is 0.993. The number of hydrogen-bond donors (Lipinski definition) is 20. The number of phenolic OH excluding ortho intramolecular Hbond substituents is 1. The van der Waals surface area contributed by atoms with Crippen molar-refractivity contribution in [3.63, 3.8) is 0 Å². The van der Waals surface area contributed by atoms with Crippen molar-refractivity contribution < 1.29 is 102 Å². The van der Waals surface area contributed by atoms with Gasteiger partial charge in [-0.3, -0.25) is 38.4 Å². The molecule has 5 saturated carbocycles. The SMILES string of the molecule is CCCCCCCCCS(=O)(=O)NCCNCC1=C(O)CC2C(c3cc(ccc3O)[C@H]3NC(=O)[C@@H]4NC(=O)[C@H](CC(N)=O)NC(=O)[C@H](NC(=O)[C@@H](CC(C)C)NC)[C@H](O)[C@H]5C=C[C@@H](Oc6cc4cc(c6O[C@@H]4C[C@H](CN)[C@@H](O)[C@H](O)[C@H]4O)O[C@@H]4CC[C@@H](C=C4Cl)[C@@H](O)[C@H](NC3=O)C(=O)N[C@@H]2C(=O)NC2C3CC4CC(C3)CC2C4)[C@H](Cl)C5)[C@H]1O. The first-order valence-corrected chi connectivity index (χ1v) is 44.4. The minimum absolute atomic E-state index is 0.00451. The first-order chi connectivity index (χ1) is 56.2. The number of unbranched alkanes of at least 4 members (excludes halogenated alkanes) is 6. The van der Waals surface area contributed by atoms with E-state index in [-0.39, 0.29) is 132 Å². The van der Waals surface area contributed by atoms with E-state index >= 15 is 28.8 Å². The number of nitrogens with one attached hydrogen (secondary N) is 10. The van der Waals surface area contributed by atoms with Gasteiger partial charge in [0, 0.05) is 72.8 Å². The number of ether oxygens (including phenoxy) is 3. The zero-order valence-corrected chi connectivity index (χ0v) is 69.3. The highest BCUT2D eigenvalue weighted by Gasteiger charge is 2.54. The molecular weight excluding hydrogens is 1590 g/mol. The molecule has 8 aliphatic carbocycles. The Morgan fingerprint density at radius 2 is 1.38 bits per heavy atom. The van der Waals surface area contributed by atoms with E-state index in [1.54, 1.807) is 0 Å². The molecular formula is C82H118Cl2N12O21S. The number of aliphatic hydroxyl groups is 7. The van der Waals surface area contributed by atoms with Crippen LogP contribution in [0.5, 0.6) is 23.0 Å². The number of halogens is 2. The van der Waals surface area contributed by atoms with Gasteiger partial charge >= 0.3 is 0 Å². The van der Waals surface area contributed by atoms with Gasteiger partial charge in [-0.1, -0.05) is 89.1 Å². The number of likely N-dealkylation sites (N-methyl/N-ethyl adjacent to an activating group) is 1. The van der Waals surface area contributed by atoms with Crippen LogP contribution in [0.2, 0.25) is 0 Å². The fourth-order valence-corrected chi connectivity index (χ4v) is 21.5. The van der Waals surface area contributed by atoms with Crippen LogP contribution in [-0.4, -0.2) is 232 Å². The van der Waals surface area contributed by atoms with Crippen LogP contribution in [-0.2, 0) is 48.4 Å². The maximum Gasteiger partial charge on any atom is 0.248 e. The lowest BCUT2D eigenvalue weighted by Crippen LogP contribution is -2.64. The number of sulfonamides is 1. The number of hydrogen-bond acceptors (Lipinski definition) is 24. The van der Waals surface area contributed by atoms with Gasteiger partial charge in [0.2, 0.25) is 63.0 Å². The lowest BCUT2D eigenvalue weighted by molar-refractivity contribution is -0.149. The molecule has 0 aromatic heterocycles. The molecule has 0 saturated heterocycles. The van der Waals surface area contributed by atoms with Crippen LogP contribution >= 0.6 is 23.2 Å². The predicted octanol–water partition coefficient (Wildman–Crippen LogP) is 1.11. The monoisotopic (exact) mass is 1710 g/mol. The Hall–Kier alpha value is -7.45. The largest absolute Gasteiger partial charge is 0.512 e. The lowest BCUT2D eigenvalue weighted by Gasteiger charge is -2.54. The van der Waals surface area contributed by atoms with Crippen LogP contribution in [0, 0.1) is 53.3 Å². The topological polar surface area (TPSA) is 533 Å². The number of nitrogens with two attached hydrogens (primary N) is 2. The van der Waals surface area contributed by atoms with Gasteiger partial charge in [0.05, 0.1) is 58.8 Å². The van der Waals surface area contributed by atoms with E-state index in [4.69, 9.17) is 48.9 Å². The van der Waals surface area contributed by atoms with Gasteiger partial charge in [-0.25, -0.2) is 13.1 Å². The third kappa shape index (κ3) is 20.7. The highest BCUT2D eigenvalue weighted by atomic mass is 35.5. The predicted molar refractivity (Wildman–Crippen MR) is 432 cm³/mol. The van der Waals surface area contributed by atoms with Crippen molar-refractivity contribution in [1.82, 2.24) is 52.6 Å². The summed E-state index contributed by atoms with van der Waals surface area (Å²) in [5.74, 6) is -16.0. The summed E-state index contributed by atoms with van der Waals surface area (Å²) in [4.78, 5) is 122. The van der Waals surface area contributed by atoms with E-state index in [2.05, 4.69) is 59.5 Å². The zero-order chi connectivity index (χ0) is 84.9. The van der Waals surface area contributed by atoms with Crippen molar-refractivity contribution in [2.45, 2.75) is 257 Å². The van der Waals surface area contributed by atoms with Crippen LogP contribution in [0.3, 0.4) is 0 Å². The zero-order valence-electron chi connectivity index (χ0n) is 67.0. The smallest absolute Gasteiger partial charge is 0.248 e. The fraction of sp³-hybridized carbons (Fsp3) is 0.683. The van der Waals surface area contributed by atoms with Gasteiger partial charge in [-0.05, 0) is 155 Å².